The first kappa shape index (κ1) is 12.2. The molecule has 4 heteroatoms. The van der Waals surface area contributed by atoms with E-state index in [0.29, 0.717) is 12.8 Å². The van der Waals surface area contributed by atoms with E-state index in [0.717, 1.165) is 0 Å². The van der Waals surface area contributed by atoms with Crippen molar-refractivity contribution < 1.29 is 19.1 Å². The average Bonchev–Trinajstić information content (AvgIpc) is 2.58. The van der Waals surface area contributed by atoms with E-state index >= 15 is 0 Å². The van der Waals surface area contributed by atoms with Gasteiger partial charge in [0.05, 0.1) is 25.7 Å². The SMILES string of the molecule is CCC(=O)[C@@H]1C[C@@H](CC(=O)OC)O[C@H]1C. The van der Waals surface area contributed by atoms with Crippen LogP contribution in [0, 0.1) is 5.92 Å². The third-order valence-corrected chi connectivity index (χ3v) is 2.87. The second-order valence-electron chi connectivity index (χ2n) is 3.91. The van der Waals surface area contributed by atoms with Gasteiger partial charge in [0.25, 0.3) is 0 Å². The second kappa shape index (κ2) is 5.26. The van der Waals surface area contributed by atoms with Crippen LogP contribution in [0.5, 0.6) is 0 Å². The minimum Gasteiger partial charge on any atom is -0.469 e. The van der Waals surface area contributed by atoms with Gasteiger partial charge in [0.15, 0.2) is 0 Å². The summed E-state index contributed by atoms with van der Waals surface area (Å²) in [5, 5.41) is 0. The van der Waals surface area contributed by atoms with E-state index in [4.69, 9.17) is 4.74 Å². The Morgan fingerprint density at radius 2 is 2.13 bits per heavy atom. The van der Waals surface area contributed by atoms with Gasteiger partial charge in [-0.2, -0.15) is 0 Å². The number of rotatable bonds is 4. The molecule has 0 aliphatic carbocycles. The van der Waals surface area contributed by atoms with E-state index in [9.17, 15) is 9.59 Å². The van der Waals surface area contributed by atoms with Gasteiger partial charge in [-0.1, -0.05) is 6.92 Å². The molecule has 0 aromatic heterocycles. The van der Waals surface area contributed by atoms with Gasteiger partial charge in [0.2, 0.25) is 0 Å². The van der Waals surface area contributed by atoms with Crippen LogP contribution in [-0.4, -0.2) is 31.1 Å². The summed E-state index contributed by atoms with van der Waals surface area (Å²) in [5.74, 6) is -0.115. The molecule has 3 atom stereocenters. The van der Waals surface area contributed by atoms with E-state index < -0.39 is 0 Å². The number of hydrogen-bond acceptors (Lipinski definition) is 4. The van der Waals surface area contributed by atoms with Crippen molar-refractivity contribution in [2.45, 2.75) is 45.3 Å². The molecule has 1 aliphatic rings. The van der Waals surface area contributed by atoms with Gasteiger partial charge in [-0.05, 0) is 13.3 Å². The van der Waals surface area contributed by atoms with Crippen molar-refractivity contribution in [1.82, 2.24) is 0 Å². The first-order chi connectivity index (χ1) is 7.08. The van der Waals surface area contributed by atoms with Gasteiger partial charge in [0, 0.05) is 12.3 Å². The maximum atomic E-state index is 11.5. The first-order valence-electron chi connectivity index (χ1n) is 5.33. The van der Waals surface area contributed by atoms with Crippen molar-refractivity contribution in [3.63, 3.8) is 0 Å². The summed E-state index contributed by atoms with van der Waals surface area (Å²) in [6.45, 7) is 3.73. The molecule has 0 spiro atoms. The lowest BCUT2D eigenvalue weighted by Crippen LogP contribution is -2.20. The number of esters is 1. The molecule has 15 heavy (non-hydrogen) atoms. The van der Waals surface area contributed by atoms with Crippen LogP contribution in [0.25, 0.3) is 0 Å². The number of Topliss-reactive ketones (excluding diaryl/α,β-unsaturated/α-hetero) is 1. The summed E-state index contributed by atoms with van der Waals surface area (Å²) < 4.78 is 10.1. The van der Waals surface area contributed by atoms with Crippen molar-refractivity contribution in [3.05, 3.63) is 0 Å². The van der Waals surface area contributed by atoms with Crippen LogP contribution in [0.15, 0.2) is 0 Å². The molecule has 0 unspecified atom stereocenters. The molecule has 4 nitrogen and oxygen atoms in total. The van der Waals surface area contributed by atoms with Crippen LogP contribution < -0.4 is 0 Å². The van der Waals surface area contributed by atoms with Crippen LogP contribution in [0.1, 0.15) is 33.1 Å². The molecular weight excluding hydrogens is 196 g/mol. The molecule has 1 rings (SSSR count). The van der Waals surface area contributed by atoms with Crippen LogP contribution in [-0.2, 0) is 19.1 Å². The van der Waals surface area contributed by atoms with E-state index in [1.807, 2.05) is 13.8 Å². The molecule has 1 heterocycles. The molecule has 86 valence electrons. The first-order valence-corrected chi connectivity index (χ1v) is 5.33. The molecule has 0 amide bonds. The number of hydrogen-bond donors (Lipinski definition) is 0. The van der Waals surface area contributed by atoms with Crippen molar-refractivity contribution in [2.75, 3.05) is 7.11 Å². The topological polar surface area (TPSA) is 52.6 Å². The summed E-state index contributed by atoms with van der Waals surface area (Å²) in [6.07, 6.45) is 1.18. The summed E-state index contributed by atoms with van der Waals surface area (Å²) in [5.41, 5.74) is 0. The van der Waals surface area contributed by atoms with Gasteiger partial charge in [-0.3, -0.25) is 9.59 Å². The molecule has 0 radical (unpaired) electrons. The Labute approximate surface area is 89.9 Å². The zero-order valence-electron chi connectivity index (χ0n) is 9.49. The highest BCUT2D eigenvalue weighted by Gasteiger charge is 2.36. The van der Waals surface area contributed by atoms with Crippen molar-refractivity contribution in [3.8, 4) is 0 Å². The standard InChI is InChI=1S/C11H18O4/c1-4-10(12)9-5-8(15-7(9)2)6-11(13)14-3/h7-9H,4-6H2,1-3H3/t7-,8-,9+/m0/s1. The van der Waals surface area contributed by atoms with E-state index in [2.05, 4.69) is 4.74 Å². The fourth-order valence-corrected chi connectivity index (χ4v) is 1.98. The number of methoxy groups -OCH3 is 1. The van der Waals surface area contributed by atoms with Crippen LogP contribution in [0.3, 0.4) is 0 Å². The monoisotopic (exact) mass is 214 g/mol. The Bertz CT molecular complexity index is 249. The molecule has 0 aromatic carbocycles. The minimum absolute atomic E-state index is 0.0512. The third kappa shape index (κ3) is 3.02. The normalized spacial score (nSPS) is 30.2. The summed E-state index contributed by atoms with van der Waals surface area (Å²) in [6, 6.07) is 0. The largest absolute Gasteiger partial charge is 0.469 e. The zero-order valence-corrected chi connectivity index (χ0v) is 9.49. The van der Waals surface area contributed by atoms with Crippen molar-refractivity contribution in [1.29, 1.82) is 0 Å². The van der Waals surface area contributed by atoms with Gasteiger partial charge in [-0.15, -0.1) is 0 Å². The second-order valence-corrected chi connectivity index (χ2v) is 3.91. The molecule has 1 aliphatic heterocycles. The summed E-state index contributed by atoms with van der Waals surface area (Å²) in [7, 11) is 1.36. The molecule has 1 fully saturated rings. The molecule has 0 saturated carbocycles. The van der Waals surface area contributed by atoms with Crippen LogP contribution in [0.2, 0.25) is 0 Å². The van der Waals surface area contributed by atoms with Crippen LogP contribution >= 0.6 is 0 Å². The minimum atomic E-state index is -0.281. The molecule has 1 saturated heterocycles. The van der Waals surface area contributed by atoms with Gasteiger partial charge < -0.3 is 9.47 Å². The zero-order chi connectivity index (χ0) is 11.4. The van der Waals surface area contributed by atoms with Crippen LogP contribution in [0.4, 0.5) is 0 Å². The Kier molecular flexibility index (Phi) is 4.27. The number of carbonyl (C=O) groups excluding carboxylic acids is 2. The van der Waals surface area contributed by atoms with Crippen molar-refractivity contribution in [2.24, 2.45) is 5.92 Å². The summed E-state index contributed by atoms with van der Waals surface area (Å²) in [4.78, 5) is 22.6. The van der Waals surface area contributed by atoms with E-state index in [1.54, 1.807) is 0 Å². The lowest BCUT2D eigenvalue weighted by Gasteiger charge is -2.10. The highest BCUT2D eigenvalue weighted by Crippen LogP contribution is 2.29. The quantitative estimate of drug-likeness (QED) is 0.662. The third-order valence-electron chi connectivity index (χ3n) is 2.87. The predicted molar refractivity (Wildman–Crippen MR) is 54.4 cm³/mol. The number of ketones is 1. The Hall–Kier alpha value is -0.900. The molecular formula is C11H18O4. The van der Waals surface area contributed by atoms with Gasteiger partial charge >= 0.3 is 5.97 Å². The Morgan fingerprint density at radius 3 is 2.67 bits per heavy atom. The highest BCUT2D eigenvalue weighted by atomic mass is 16.5. The molecule has 0 aromatic rings. The Balaban J connectivity index is 2.48. The fourth-order valence-electron chi connectivity index (χ4n) is 1.98. The maximum absolute atomic E-state index is 11.5. The predicted octanol–water partition coefficient (Wildman–Crippen LogP) is 1.32. The number of ether oxygens (including phenoxy) is 2. The van der Waals surface area contributed by atoms with Gasteiger partial charge in [-0.25, -0.2) is 0 Å². The average molecular weight is 214 g/mol. The fraction of sp³-hybridized carbons (Fsp3) is 0.818. The van der Waals surface area contributed by atoms with E-state index in [1.165, 1.54) is 7.11 Å². The van der Waals surface area contributed by atoms with E-state index in [-0.39, 0.29) is 36.3 Å². The highest BCUT2D eigenvalue weighted by molar-refractivity contribution is 5.81. The molecule has 0 N–H and O–H groups in total. The van der Waals surface area contributed by atoms with Gasteiger partial charge in [0.1, 0.15) is 5.78 Å². The number of carbonyl (C=O) groups is 2. The smallest absolute Gasteiger partial charge is 0.308 e. The van der Waals surface area contributed by atoms with Crippen molar-refractivity contribution >= 4 is 11.8 Å². The molecule has 0 bridgehead atoms. The maximum Gasteiger partial charge on any atom is 0.308 e. The lowest BCUT2D eigenvalue weighted by molar-refractivity contribution is -0.143. The summed E-state index contributed by atoms with van der Waals surface area (Å²) >= 11 is 0. The lowest BCUT2D eigenvalue weighted by atomic mass is 9.93. The Morgan fingerprint density at radius 1 is 1.47 bits per heavy atom.